The molecule has 2 rings (SSSR count). The third kappa shape index (κ3) is 3.38. The van der Waals surface area contributed by atoms with E-state index in [9.17, 15) is 31.2 Å². The average Bonchev–Trinajstić information content (AvgIpc) is 2.37. The number of hydrogen-bond donors (Lipinski definition) is 1. The van der Waals surface area contributed by atoms with Crippen molar-refractivity contribution in [2.24, 2.45) is 0 Å². The fourth-order valence-corrected chi connectivity index (χ4v) is 2.42. The zero-order valence-electron chi connectivity index (χ0n) is 10.9. The number of carbonyl (C=O) groups excluding carboxylic acids is 2. The second kappa shape index (κ2) is 5.59. The van der Waals surface area contributed by atoms with E-state index in [0.29, 0.717) is 0 Å². The van der Waals surface area contributed by atoms with Crippen molar-refractivity contribution in [2.75, 3.05) is 0 Å². The van der Waals surface area contributed by atoms with Crippen LogP contribution in [0.4, 0.5) is 13.2 Å². The smallest absolute Gasteiger partial charge is 0.376 e. The molecule has 1 heterocycles. The Hall–Kier alpha value is -2.10. The molecule has 22 heavy (non-hydrogen) atoms. The third-order valence-corrected chi connectivity index (χ3v) is 3.97. The molecule has 1 fully saturated rings. The minimum Gasteiger partial charge on any atom is -0.376 e. The summed E-state index contributed by atoms with van der Waals surface area (Å²) < 4.78 is 62.7. The standard InChI is InChI=1S/C12H10F3NO5S/c13-12(14,15)22(19,20)21-8-3-1-2-7(6-8)9-4-5-10(17)16-11(9)18/h1-3,6,9H,4-5H2,(H,16,17,18). The van der Waals surface area contributed by atoms with Crippen LogP contribution in [0.2, 0.25) is 0 Å². The second-order valence-corrected chi connectivity index (χ2v) is 6.10. The Balaban J connectivity index is 2.24. The lowest BCUT2D eigenvalue weighted by molar-refractivity contribution is -0.134. The Kier molecular flexibility index (Phi) is 4.14. The number of rotatable bonds is 3. The molecule has 0 radical (unpaired) electrons. The van der Waals surface area contributed by atoms with Crippen LogP contribution in [0.25, 0.3) is 0 Å². The van der Waals surface area contributed by atoms with Gasteiger partial charge in [0, 0.05) is 6.42 Å². The van der Waals surface area contributed by atoms with Gasteiger partial charge >= 0.3 is 15.6 Å². The average molecular weight is 337 g/mol. The molecule has 1 aromatic carbocycles. The lowest BCUT2D eigenvalue weighted by atomic mass is 9.90. The number of halogens is 3. The summed E-state index contributed by atoms with van der Waals surface area (Å²) in [4.78, 5) is 22.7. The largest absolute Gasteiger partial charge is 0.534 e. The van der Waals surface area contributed by atoms with Crippen molar-refractivity contribution < 1.29 is 35.4 Å². The van der Waals surface area contributed by atoms with Crippen LogP contribution < -0.4 is 9.50 Å². The molecule has 0 aliphatic carbocycles. The van der Waals surface area contributed by atoms with E-state index >= 15 is 0 Å². The first kappa shape index (κ1) is 16.3. The molecule has 6 nitrogen and oxygen atoms in total. The highest BCUT2D eigenvalue weighted by molar-refractivity contribution is 7.88. The minimum atomic E-state index is -5.78. The van der Waals surface area contributed by atoms with E-state index in [4.69, 9.17) is 0 Å². The van der Waals surface area contributed by atoms with E-state index in [0.717, 1.165) is 12.1 Å². The van der Waals surface area contributed by atoms with Crippen LogP contribution in [-0.4, -0.2) is 25.7 Å². The summed E-state index contributed by atoms with van der Waals surface area (Å²) in [7, 11) is -5.78. The van der Waals surface area contributed by atoms with Crippen LogP contribution in [0.1, 0.15) is 24.3 Å². The van der Waals surface area contributed by atoms with Gasteiger partial charge in [0.1, 0.15) is 5.75 Å². The normalized spacial score (nSPS) is 19.7. The van der Waals surface area contributed by atoms with E-state index in [1.165, 1.54) is 12.1 Å². The van der Waals surface area contributed by atoms with E-state index < -0.39 is 39.1 Å². The van der Waals surface area contributed by atoms with Crippen molar-refractivity contribution in [3.05, 3.63) is 29.8 Å². The van der Waals surface area contributed by atoms with Crippen molar-refractivity contribution in [1.82, 2.24) is 5.32 Å². The quantitative estimate of drug-likeness (QED) is 0.512. The number of nitrogens with one attached hydrogen (secondary N) is 1. The Morgan fingerprint density at radius 3 is 2.50 bits per heavy atom. The molecule has 10 heteroatoms. The van der Waals surface area contributed by atoms with Crippen molar-refractivity contribution >= 4 is 21.9 Å². The molecule has 1 saturated heterocycles. The summed E-state index contributed by atoms with van der Waals surface area (Å²) >= 11 is 0. The van der Waals surface area contributed by atoms with Crippen LogP contribution in [-0.2, 0) is 19.7 Å². The predicted octanol–water partition coefficient (Wildman–Crippen LogP) is 1.44. The molecule has 1 aliphatic heterocycles. The molecular formula is C12H10F3NO5S. The first-order valence-corrected chi connectivity index (χ1v) is 7.45. The molecule has 0 saturated carbocycles. The van der Waals surface area contributed by atoms with E-state index in [1.54, 1.807) is 0 Å². The summed E-state index contributed by atoms with van der Waals surface area (Å²) in [6.45, 7) is 0. The molecule has 1 aliphatic rings. The number of amides is 2. The van der Waals surface area contributed by atoms with Crippen LogP contribution in [0, 0.1) is 0 Å². The SMILES string of the molecule is O=C1CCC(c2cccc(OS(=O)(=O)C(F)(F)F)c2)C(=O)N1. The lowest BCUT2D eigenvalue weighted by Gasteiger charge is -2.21. The monoisotopic (exact) mass is 337 g/mol. The van der Waals surface area contributed by atoms with E-state index in [-0.39, 0.29) is 18.4 Å². The highest BCUT2D eigenvalue weighted by Gasteiger charge is 2.48. The van der Waals surface area contributed by atoms with Gasteiger partial charge in [-0.2, -0.15) is 21.6 Å². The van der Waals surface area contributed by atoms with Gasteiger partial charge in [0.2, 0.25) is 11.8 Å². The summed E-state index contributed by atoms with van der Waals surface area (Å²) in [5.41, 5.74) is -5.28. The van der Waals surface area contributed by atoms with Crippen LogP contribution in [0.5, 0.6) is 5.75 Å². The Morgan fingerprint density at radius 2 is 1.91 bits per heavy atom. The van der Waals surface area contributed by atoms with Gasteiger partial charge in [-0.25, -0.2) is 0 Å². The number of carbonyl (C=O) groups is 2. The van der Waals surface area contributed by atoms with Gasteiger partial charge in [-0.1, -0.05) is 12.1 Å². The summed E-state index contributed by atoms with van der Waals surface area (Å²) in [5, 5.41) is 2.10. The highest BCUT2D eigenvalue weighted by atomic mass is 32.2. The van der Waals surface area contributed by atoms with E-state index in [2.05, 4.69) is 9.50 Å². The molecular weight excluding hydrogens is 327 g/mol. The van der Waals surface area contributed by atoms with Gasteiger partial charge in [0.05, 0.1) is 5.92 Å². The Labute approximate surface area is 123 Å². The van der Waals surface area contributed by atoms with Crippen molar-refractivity contribution in [3.63, 3.8) is 0 Å². The summed E-state index contributed by atoms with van der Waals surface area (Å²) in [6, 6.07) is 4.76. The van der Waals surface area contributed by atoms with Crippen molar-refractivity contribution in [2.45, 2.75) is 24.3 Å². The fraction of sp³-hybridized carbons (Fsp3) is 0.333. The Morgan fingerprint density at radius 1 is 1.23 bits per heavy atom. The van der Waals surface area contributed by atoms with Gasteiger partial charge in [-0.3, -0.25) is 14.9 Å². The minimum absolute atomic E-state index is 0.0857. The molecule has 120 valence electrons. The maximum atomic E-state index is 12.3. The maximum Gasteiger partial charge on any atom is 0.534 e. The number of piperidine rings is 1. The third-order valence-electron chi connectivity index (χ3n) is 2.99. The first-order valence-electron chi connectivity index (χ1n) is 6.04. The zero-order chi connectivity index (χ0) is 16.5. The molecule has 1 N–H and O–H groups in total. The van der Waals surface area contributed by atoms with E-state index in [1.807, 2.05) is 0 Å². The molecule has 0 spiro atoms. The fourth-order valence-electron chi connectivity index (χ4n) is 1.97. The number of benzene rings is 1. The van der Waals surface area contributed by atoms with Gasteiger partial charge in [0.15, 0.2) is 0 Å². The van der Waals surface area contributed by atoms with Crippen molar-refractivity contribution in [3.8, 4) is 5.75 Å². The first-order chi connectivity index (χ1) is 10.1. The van der Waals surface area contributed by atoms with Crippen LogP contribution in [0.15, 0.2) is 24.3 Å². The van der Waals surface area contributed by atoms with Crippen LogP contribution in [0.3, 0.4) is 0 Å². The van der Waals surface area contributed by atoms with Crippen molar-refractivity contribution in [1.29, 1.82) is 0 Å². The molecule has 0 aromatic heterocycles. The maximum absolute atomic E-state index is 12.3. The molecule has 1 unspecified atom stereocenters. The number of imide groups is 1. The molecule has 1 atom stereocenters. The summed E-state index contributed by atoms with van der Waals surface area (Å²) in [5.74, 6) is -2.34. The van der Waals surface area contributed by atoms with Gasteiger partial charge < -0.3 is 4.18 Å². The second-order valence-electron chi connectivity index (χ2n) is 4.56. The number of hydrogen-bond acceptors (Lipinski definition) is 5. The zero-order valence-corrected chi connectivity index (χ0v) is 11.7. The molecule has 2 amide bonds. The molecule has 0 bridgehead atoms. The summed E-state index contributed by atoms with van der Waals surface area (Å²) in [6.07, 6.45) is 0.266. The predicted molar refractivity (Wildman–Crippen MR) is 67.2 cm³/mol. The lowest BCUT2D eigenvalue weighted by Crippen LogP contribution is -2.39. The topological polar surface area (TPSA) is 89.5 Å². The highest BCUT2D eigenvalue weighted by Crippen LogP contribution is 2.30. The van der Waals surface area contributed by atoms with Gasteiger partial charge in [0.25, 0.3) is 0 Å². The van der Waals surface area contributed by atoms with Gasteiger partial charge in [-0.05, 0) is 24.1 Å². The van der Waals surface area contributed by atoms with Gasteiger partial charge in [-0.15, -0.1) is 0 Å². The van der Waals surface area contributed by atoms with Crippen LogP contribution >= 0.6 is 0 Å². The molecule has 1 aromatic rings. The Bertz CT molecular complexity index is 714. The number of alkyl halides is 3.